The van der Waals surface area contributed by atoms with Crippen LogP contribution in [0, 0.1) is 0 Å². The van der Waals surface area contributed by atoms with E-state index in [0.29, 0.717) is 5.82 Å². The Kier molecular flexibility index (Phi) is 2.22. The maximum absolute atomic E-state index is 9.20. The maximum atomic E-state index is 9.20. The van der Waals surface area contributed by atoms with Crippen molar-refractivity contribution >= 4 is 0 Å². The highest BCUT2D eigenvalue weighted by molar-refractivity contribution is 5.30. The van der Waals surface area contributed by atoms with Gasteiger partial charge in [0.2, 0.25) is 0 Å². The molecule has 4 nitrogen and oxygen atoms in total. The van der Waals surface area contributed by atoms with Crippen molar-refractivity contribution in [3.63, 3.8) is 0 Å². The number of hydrogen-bond donors (Lipinski definition) is 1. The van der Waals surface area contributed by atoms with Gasteiger partial charge >= 0.3 is 0 Å². The van der Waals surface area contributed by atoms with E-state index in [9.17, 15) is 5.11 Å². The van der Waals surface area contributed by atoms with Crippen LogP contribution >= 0.6 is 0 Å². The van der Waals surface area contributed by atoms with Crippen LogP contribution in [0.2, 0.25) is 0 Å². The molecular formula is C12H13N3O. The van der Waals surface area contributed by atoms with Crippen LogP contribution in [0.5, 0.6) is 0 Å². The van der Waals surface area contributed by atoms with Crippen molar-refractivity contribution in [3.8, 4) is 0 Å². The Hall–Kier alpha value is -1.68. The highest BCUT2D eigenvalue weighted by Crippen LogP contribution is 2.19. The smallest absolute Gasteiger partial charge is 0.159 e. The number of nitrogens with zero attached hydrogens (tertiary/aromatic N) is 3. The van der Waals surface area contributed by atoms with E-state index in [-0.39, 0.29) is 6.61 Å². The summed E-state index contributed by atoms with van der Waals surface area (Å²) >= 11 is 0. The second-order valence-corrected chi connectivity index (χ2v) is 4.05. The average molecular weight is 215 g/mol. The maximum Gasteiger partial charge on any atom is 0.159 e. The Labute approximate surface area is 93.6 Å². The van der Waals surface area contributed by atoms with E-state index in [2.05, 4.69) is 28.4 Å². The predicted molar refractivity (Wildman–Crippen MR) is 58.9 cm³/mol. The largest absolute Gasteiger partial charge is 0.388 e. The fraction of sp³-hybridized carbons (Fsp3) is 0.333. The number of aromatic nitrogens is 3. The number of fused-ring (bicyclic) bond motifs is 2. The number of aliphatic hydroxyl groups is 1. The van der Waals surface area contributed by atoms with Gasteiger partial charge in [-0.1, -0.05) is 24.3 Å². The minimum absolute atomic E-state index is 0.0465. The van der Waals surface area contributed by atoms with Crippen LogP contribution in [0.1, 0.15) is 22.8 Å². The van der Waals surface area contributed by atoms with Gasteiger partial charge in [-0.25, -0.2) is 0 Å². The molecule has 2 aromatic rings. The van der Waals surface area contributed by atoms with Crippen LogP contribution < -0.4 is 0 Å². The van der Waals surface area contributed by atoms with Crippen molar-refractivity contribution in [2.45, 2.75) is 26.0 Å². The molecule has 0 fully saturated rings. The normalized spacial score (nSPS) is 14.1. The van der Waals surface area contributed by atoms with Gasteiger partial charge in [0.15, 0.2) is 5.82 Å². The van der Waals surface area contributed by atoms with Gasteiger partial charge in [-0.05, 0) is 17.5 Å². The summed E-state index contributed by atoms with van der Waals surface area (Å²) < 4.78 is 2.02. The third-order valence-electron chi connectivity index (χ3n) is 3.11. The van der Waals surface area contributed by atoms with Gasteiger partial charge in [0.1, 0.15) is 12.4 Å². The van der Waals surface area contributed by atoms with Crippen LogP contribution in [-0.4, -0.2) is 19.9 Å². The second kappa shape index (κ2) is 3.72. The Morgan fingerprint density at radius 2 is 1.94 bits per heavy atom. The molecule has 0 unspecified atom stereocenters. The fourth-order valence-electron chi connectivity index (χ4n) is 2.23. The first-order valence-corrected chi connectivity index (χ1v) is 5.47. The van der Waals surface area contributed by atoms with Crippen LogP contribution in [0.4, 0.5) is 0 Å². The zero-order chi connectivity index (χ0) is 11.0. The molecule has 3 rings (SSSR count). The molecule has 1 aliphatic heterocycles. The lowest BCUT2D eigenvalue weighted by atomic mass is 10.0. The van der Waals surface area contributed by atoms with Crippen molar-refractivity contribution in [3.05, 3.63) is 47.0 Å². The predicted octanol–water partition coefficient (Wildman–Crippen LogP) is 0.917. The summed E-state index contributed by atoms with van der Waals surface area (Å²) in [5.74, 6) is 1.63. The van der Waals surface area contributed by atoms with Crippen molar-refractivity contribution in [1.29, 1.82) is 0 Å². The third kappa shape index (κ3) is 1.42. The number of hydrogen-bond acceptors (Lipinski definition) is 3. The van der Waals surface area contributed by atoms with Gasteiger partial charge in [-0.15, -0.1) is 10.2 Å². The van der Waals surface area contributed by atoms with E-state index in [1.165, 1.54) is 11.1 Å². The summed E-state index contributed by atoms with van der Waals surface area (Å²) in [6.45, 7) is 0.726. The number of benzene rings is 1. The molecule has 0 amide bonds. The molecule has 16 heavy (non-hydrogen) atoms. The van der Waals surface area contributed by atoms with Gasteiger partial charge < -0.3 is 9.67 Å². The van der Waals surface area contributed by atoms with Gasteiger partial charge in [-0.3, -0.25) is 0 Å². The van der Waals surface area contributed by atoms with E-state index in [1.54, 1.807) is 0 Å². The zero-order valence-corrected chi connectivity index (χ0v) is 8.93. The van der Waals surface area contributed by atoms with Crippen molar-refractivity contribution in [2.24, 2.45) is 0 Å². The summed E-state index contributed by atoms with van der Waals surface area (Å²) in [7, 11) is 0. The molecule has 1 N–H and O–H groups in total. The lowest BCUT2D eigenvalue weighted by molar-refractivity contribution is 0.265. The lowest BCUT2D eigenvalue weighted by Crippen LogP contribution is -2.07. The molecule has 0 saturated carbocycles. The Morgan fingerprint density at radius 1 is 1.12 bits per heavy atom. The lowest BCUT2D eigenvalue weighted by Gasteiger charge is -2.07. The topological polar surface area (TPSA) is 50.9 Å². The monoisotopic (exact) mass is 215 g/mol. The third-order valence-corrected chi connectivity index (χ3v) is 3.11. The zero-order valence-electron chi connectivity index (χ0n) is 8.93. The first-order valence-electron chi connectivity index (χ1n) is 5.47. The molecule has 0 atom stereocenters. The van der Waals surface area contributed by atoms with Gasteiger partial charge in [-0.2, -0.15) is 0 Å². The molecule has 2 heterocycles. The minimum atomic E-state index is -0.0465. The molecule has 82 valence electrons. The molecule has 0 aliphatic carbocycles. The molecule has 0 saturated heterocycles. The van der Waals surface area contributed by atoms with E-state index < -0.39 is 0 Å². The SMILES string of the molecule is OCc1nnc2n1Cc1ccccc1CC2. The van der Waals surface area contributed by atoms with E-state index >= 15 is 0 Å². The first kappa shape index (κ1) is 9.54. The molecule has 1 aliphatic rings. The fourth-order valence-corrected chi connectivity index (χ4v) is 2.23. The number of rotatable bonds is 1. The Morgan fingerprint density at radius 3 is 2.75 bits per heavy atom. The second-order valence-electron chi connectivity index (χ2n) is 4.05. The highest BCUT2D eigenvalue weighted by atomic mass is 16.3. The number of aryl methyl sites for hydroxylation is 2. The first-order chi connectivity index (χ1) is 7.88. The van der Waals surface area contributed by atoms with E-state index in [1.807, 2.05) is 10.6 Å². The quantitative estimate of drug-likeness (QED) is 0.769. The van der Waals surface area contributed by atoms with Gasteiger partial charge in [0.05, 0.1) is 6.54 Å². The van der Waals surface area contributed by atoms with Crippen LogP contribution in [0.15, 0.2) is 24.3 Å². The minimum Gasteiger partial charge on any atom is -0.388 e. The van der Waals surface area contributed by atoms with Gasteiger partial charge in [0.25, 0.3) is 0 Å². The molecular weight excluding hydrogens is 202 g/mol. The molecule has 4 heteroatoms. The molecule has 0 bridgehead atoms. The Balaban J connectivity index is 2.08. The van der Waals surface area contributed by atoms with Crippen molar-refractivity contribution in [2.75, 3.05) is 0 Å². The molecule has 0 spiro atoms. The van der Waals surface area contributed by atoms with Crippen LogP contribution in [0.3, 0.4) is 0 Å². The summed E-state index contributed by atoms with van der Waals surface area (Å²) in [5, 5.41) is 17.3. The molecule has 0 radical (unpaired) electrons. The van der Waals surface area contributed by atoms with E-state index in [0.717, 1.165) is 25.2 Å². The van der Waals surface area contributed by atoms with Crippen LogP contribution in [-0.2, 0) is 26.0 Å². The average Bonchev–Trinajstić information content (AvgIpc) is 2.61. The molecule has 1 aromatic heterocycles. The number of aliphatic hydroxyl groups excluding tert-OH is 1. The summed E-state index contributed by atoms with van der Waals surface area (Å²) in [6, 6.07) is 8.41. The summed E-state index contributed by atoms with van der Waals surface area (Å²) in [4.78, 5) is 0. The standard InChI is InChI=1S/C12H13N3O/c16-8-12-14-13-11-6-5-9-3-1-2-4-10(9)7-15(11)12/h1-4,16H,5-8H2. The van der Waals surface area contributed by atoms with Crippen LogP contribution in [0.25, 0.3) is 0 Å². The van der Waals surface area contributed by atoms with Crippen molar-refractivity contribution < 1.29 is 5.11 Å². The van der Waals surface area contributed by atoms with Crippen molar-refractivity contribution in [1.82, 2.24) is 14.8 Å². The molecule has 1 aromatic carbocycles. The van der Waals surface area contributed by atoms with E-state index in [4.69, 9.17) is 0 Å². The summed E-state index contributed by atoms with van der Waals surface area (Å²) in [5.41, 5.74) is 2.67. The highest BCUT2D eigenvalue weighted by Gasteiger charge is 2.16. The Bertz CT molecular complexity index is 519. The van der Waals surface area contributed by atoms with Gasteiger partial charge in [0, 0.05) is 6.42 Å². The summed E-state index contributed by atoms with van der Waals surface area (Å²) in [6.07, 6.45) is 1.89.